The molecule has 0 aliphatic rings. The van der Waals surface area contributed by atoms with Crippen LogP contribution in [0.1, 0.15) is 58.2 Å². The normalized spacial score (nSPS) is 10.9. The van der Waals surface area contributed by atoms with E-state index in [1.165, 1.54) is 5.56 Å². The Kier molecular flexibility index (Phi) is 10.2. The van der Waals surface area contributed by atoms with Crippen LogP contribution in [0.5, 0.6) is 5.75 Å². The van der Waals surface area contributed by atoms with Crippen LogP contribution in [0, 0.1) is 6.92 Å². The van der Waals surface area contributed by atoms with E-state index in [2.05, 4.69) is 60.6 Å². The molecule has 19 heavy (non-hydrogen) atoms. The van der Waals surface area contributed by atoms with E-state index >= 15 is 0 Å². The minimum absolute atomic E-state index is 0. The van der Waals surface area contributed by atoms with Crippen molar-refractivity contribution in [2.45, 2.75) is 59.3 Å². The van der Waals surface area contributed by atoms with E-state index in [0.29, 0.717) is 5.75 Å². The van der Waals surface area contributed by atoms with Gasteiger partial charge in [-0.15, -0.1) is 24.8 Å². The van der Waals surface area contributed by atoms with Crippen LogP contribution in [0.25, 0.3) is 0 Å². The van der Waals surface area contributed by atoms with Gasteiger partial charge in [0.2, 0.25) is 0 Å². The van der Waals surface area contributed by atoms with Crippen LogP contribution in [0.2, 0.25) is 0 Å². The number of phenols is 1. The molecule has 0 aromatic heterocycles. The first kappa shape index (κ1) is 24.3. The molecular weight excluding hydrogens is 315 g/mol. The number of aryl methyl sites for hydroxylation is 1. The Morgan fingerprint density at radius 2 is 1.05 bits per heavy atom. The molecule has 1 rings (SSSR count). The number of hydrogen-bond acceptors (Lipinski definition) is 1. The van der Waals surface area contributed by atoms with Crippen LogP contribution in [0.4, 0.5) is 0 Å². The second-order valence-corrected chi connectivity index (χ2v) is 6.71. The van der Waals surface area contributed by atoms with Gasteiger partial charge in [0.15, 0.2) is 0 Å². The minimum atomic E-state index is -0.0178. The summed E-state index contributed by atoms with van der Waals surface area (Å²) < 4.78 is 0. The van der Waals surface area contributed by atoms with Gasteiger partial charge >= 0.3 is 0 Å². The number of phenolic OH excluding ortho intramolecular Hbond substituents is 1. The molecule has 0 fully saturated rings. The third-order valence-corrected chi connectivity index (χ3v) is 2.87. The summed E-state index contributed by atoms with van der Waals surface area (Å²) in [6.07, 6.45) is 0. The fraction of sp³-hybridized carbons (Fsp3) is 0.600. The van der Waals surface area contributed by atoms with Gasteiger partial charge in [0.05, 0.1) is 0 Å². The van der Waals surface area contributed by atoms with Gasteiger partial charge in [0, 0.05) is 21.7 Å². The summed E-state index contributed by atoms with van der Waals surface area (Å²) in [5, 5.41) is 10.4. The number of hydrogen-bond donors (Lipinski definition) is 1. The molecule has 110 valence electrons. The third-order valence-electron chi connectivity index (χ3n) is 2.87. The van der Waals surface area contributed by atoms with E-state index in [0.717, 1.165) is 11.1 Å². The average Bonchev–Trinajstić information content (AvgIpc) is 2.04. The molecular formula is C15H26Cl2OTi. The largest absolute Gasteiger partial charge is 0.507 e. The smallest absolute Gasteiger partial charge is 0.123 e. The van der Waals surface area contributed by atoms with E-state index in [4.69, 9.17) is 0 Å². The molecule has 0 bridgehead atoms. The Labute approximate surface area is 145 Å². The van der Waals surface area contributed by atoms with E-state index < -0.39 is 0 Å². The maximum Gasteiger partial charge on any atom is 0.123 e. The molecule has 1 N–H and O–H groups in total. The second-order valence-electron chi connectivity index (χ2n) is 6.71. The number of benzene rings is 1. The zero-order valence-corrected chi connectivity index (χ0v) is 16.1. The molecule has 0 amide bonds. The maximum atomic E-state index is 10.4. The summed E-state index contributed by atoms with van der Waals surface area (Å²) in [6.45, 7) is 14.9. The standard InChI is InChI=1S/C15H24O.2ClH.Ti/c1-10-8-11(14(2,3)4)13(16)12(9-10)15(5,6)7;;;/h8-9,16H,1-7H3;2*1H;. The van der Waals surface area contributed by atoms with E-state index in [-0.39, 0.29) is 57.4 Å². The van der Waals surface area contributed by atoms with Gasteiger partial charge in [0.25, 0.3) is 0 Å². The van der Waals surface area contributed by atoms with Crippen molar-refractivity contribution in [3.05, 3.63) is 28.8 Å². The van der Waals surface area contributed by atoms with Crippen molar-refractivity contribution in [1.82, 2.24) is 0 Å². The molecule has 1 aromatic carbocycles. The number of rotatable bonds is 0. The van der Waals surface area contributed by atoms with Crippen molar-refractivity contribution in [2.24, 2.45) is 0 Å². The fourth-order valence-electron chi connectivity index (χ4n) is 1.92. The Morgan fingerprint density at radius 3 is 1.26 bits per heavy atom. The molecule has 0 unspecified atom stereocenters. The van der Waals surface area contributed by atoms with Crippen LogP contribution in [0.15, 0.2) is 12.1 Å². The molecule has 0 atom stereocenters. The summed E-state index contributed by atoms with van der Waals surface area (Å²) in [4.78, 5) is 0. The van der Waals surface area contributed by atoms with Crippen molar-refractivity contribution >= 4 is 24.8 Å². The van der Waals surface area contributed by atoms with Crippen LogP contribution >= 0.6 is 24.8 Å². The first-order valence-corrected chi connectivity index (χ1v) is 5.88. The predicted octanol–water partition coefficient (Wildman–Crippen LogP) is 5.14. The first-order chi connectivity index (χ1) is 7.03. The van der Waals surface area contributed by atoms with Crippen molar-refractivity contribution in [3.8, 4) is 5.75 Å². The Balaban J connectivity index is -0.000000853. The Morgan fingerprint density at radius 1 is 0.789 bits per heavy atom. The molecule has 1 aromatic rings. The first-order valence-electron chi connectivity index (χ1n) is 5.88. The predicted molar refractivity (Wildman–Crippen MR) is 84.7 cm³/mol. The topological polar surface area (TPSA) is 20.2 Å². The molecule has 4 heteroatoms. The van der Waals surface area contributed by atoms with E-state index in [1.54, 1.807) is 0 Å². The van der Waals surface area contributed by atoms with Gasteiger partial charge in [-0.2, -0.15) is 0 Å². The summed E-state index contributed by atoms with van der Waals surface area (Å²) >= 11 is 0. The van der Waals surface area contributed by atoms with Crippen LogP contribution < -0.4 is 0 Å². The number of aromatic hydroxyl groups is 1. The Bertz CT molecular complexity index is 369. The zero-order chi connectivity index (χ0) is 12.7. The molecule has 0 aliphatic heterocycles. The van der Waals surface area contributed by atoms with Gasteiger partial charge in [-0.3, -0.25) is 0 Å². The zero-order valence-electron chi connectivity index (χ0n) is 12.9. The molecule has 0 radical (unpaired) electrons. The van der Waals surface area contributed by atoms with Gasteiger partial charge in [-0.25, -0.2) is 0 Å². The van der Waals surface area contributed by atoms with Crippen molar-refractivity contribution in [2.75, 3.05) is 0 Å². The molecule has 0 spiro atoms. The third kappa shape index (κ3) is 6.08. The molecule has 0 heterocycles. The van der Waals surface area contributed by atoms with Crippen molar-refractivity contribution < 1.29 is 26.8 Å². The maximum absolute atomic E-state index is 10.4. The molecule has 0 saturated heterocycles. The van der Waals surface area contributed by atoms with Crippen LogP contribution in [0.3, 0.4) is 0 Å². The summed E-state index contributed by atoms with van der Waals surface area (Å²) in [5.74, 6) is 0.464. The monoisotopic (exact) mass is 340 g/mol. The molecule has 1 nitrogen and oxygen atoms in total. The van der Waals surface area contributed by atoms with Crippen LogP contribution in [-0.2, 0) is 32.5 Å². The van der Waals surface area contributed by atoms with Crippen molar-refractivity contribution in [3.63, 3.8) is 0 Å². The minimum Gasteiger partial charge on any atom is -0.507 e. The fourth-order valence-corrected chi connectivity index (χ4v) is 1.92. The summed E-state index contributed by atoms with van der Waals surface area (Å²) in [7, 11) is 0. The van der Waals surface area contributed by atoms with Crippen LogP contribution in [-0.4, -0.2) is 5.11 Å². The van der Waals surface area contributed by atoms with Gasteiger partial charge in [0.1, 0.15) is 5.75 Å². The summed E-state index contributed by atoms with van der Waals surface area (Å²) in [5.41, 5.74) is 3.26. The second kappa shape index (κ2) is 7.93. The SMILES string of the molecule is Cc1cc(C(C)(C)C)c(O)c(C(C)(C)C)c1.Cl.Cl.[Ti]. The summed E-state index contributed by atoms with van der Waals surface area (Å²) in [6, 6.07) is 4.18. The molecule has 0 aliphatic carbocycles. The van der Waals surface area contributed by atoms with Crippen molar-refractivity contribution in [1.29, 1.82) is 0 Å². The Hall–Kier alpha value is 0.314. The average molecular weight is 341 g/mol. The van der Waals surface area contributed by atoms with E-state index in [9.17, 15) is 5.11 Å². The van der Waals surface area contributed by atoms with Gasteiger partial charge in [-0.1, -0.05) is 59.2 Å². The quantitative estimate of drug-likeness (QED) is 0.648. The van der Waals surface area contributed by atoms with Gasteiger partial charge < -0.3 is 5.11 Å². The molecule has 0 saturated carbocycles. The van der Waals surface area contributed by atoms with E-state index in [1.807, 2.05) is 0 Å². The van der Waals surface area contributed by atoms with Gasteiger partial charge in [-0.05, 0) is 28.9 Å². The number of halogens is 2.